The van der Waals surface area contributed by atoms with Crippen LogP contribution >= 0.6 is 0 Å². The Morgan fingerprint density at radius 2 is 1.62 bits per heavy atom. The van der Waals surface area contributed by atoms with Crippen molar-refractivity contribution < 1.29 is 9.59 Å². The molecule has 0 fully saturated rings. The zero-order valence-corrected chi connectivity index (χ0v) is 8.54. The third-order valence-electron chi connectivity index (χ3n) is 1.64. The molecule has 3 heteroatoms. The highest BCUT2D eigenvalue weighted by molar-refractivity contribution is 6.12. The predicted octanol–water partition coefficient (Wildman–Crippen LogP) is 1.74. The number of hydrogen-bond donors (Lipinski definition) is 0. The molecule has 1 heterocycles. The molecule has 0 aromatic rings. The molecule has 2 amide bonds. The summed E-state index contributed by atoms with van der Waals surface area (Å²) in [7, 11) is 0. The van der Waals surface area contributed by atoms with Gasteiger partial charge in [0.05, 0.1) is 0 Å². The van der Waals surface area contributed by atoms with Crippen LogP contribution in [0.2, 0.25) is 0 Å². The fourth-order valence-corrected chi connectivity index (χ4v) is 0.968. The summed E-state index contributed by atoms with van der Waals surface area (Å²) in [6.45, 7) is 6.58. The molecule has 0 bridgehead atoms. The van der Waals surface area contributed by atoms with E-state index in [1.807, 2.05) is 20.8 Å². The molecule has 13 heavy (non-hydrogen) atoms. The fraction of sp³-hybridized carbons (Fsp3) is 0.600. The molecule has 1 aliphatic rings. The number of imide groups is 1. The summed E-state index contributed by atoms with van der Waals surface area (Å²) in [5.74, 6) is -0.355. The number of nitrogens with zero attached hydrogens (tertiary/aromatic N) is 1. The van der Waals surface area contributed by atoms with Gasteiger partial charge in [0.2, 0.25) is 0 Å². The van der Waals surface area contributed by atoms with E-state index in [4.69, 9.17) is 0 Å². The van der Waals surface area contributed by atoms with Crippen molar-refractivity contribution in [2.24, 2.45) is 0 Å². The van der Waals surface area contributed by atoms with Gasteiger partial charge in [0.1, 0.15) is 0 Å². The highest BCUT2D eigenvalue weighted by atomic mass is 16.2. The second kappa shape index (κ2) is 6.40. The minimum atomic E-state index is -0.177. The van der Waals surface area contributed by atoms with Gasteiger partial charge >= 0.3 is 0 Å². The van der Waals surface area contributed by atoms with E-state index in [9.17, 15) is 9.59 Å². The van der Waals surface area contributed by atoms with Crippen LogP contribution in [0.1, 0.15) is 33.6 Å². The number of hydrogen-bond acceptors (Lipinski definition) is 2. The maximum atomic E-state index is 10.9. The first-order chi connectivity index (χ1) is 6.25. The van der Waals surface area contributed by atoms with Crippen LogP contribution in [0.3, 0.4) is 0 Å². The Balaban J connectivity index is 0.000000671. The summed E-state index contributed by atoms with van der Waals surface area (Å²) in [6, 6.07) is 0. The molecule has 0 radical (unpaired) electrons. The topological polar surface area (TPSA) is 37.4 Å². The van der Waals surface area contributed by atoms with Gasteiger partial charge in [0, 0.05) is 18.7 Å². The smallest absolute Gasteiger partial charge is 0.253 e. The van der Waals surface area contributed by atoms with Crippen LogP contribution in [0, 0.1) is 0 Å². The lowest BCUT2D eigenvalue weighted by molar-refractivity contribution is -0.136. The van der Waals surface area contributed by atoms with E-state index < -0.39 is 0 Å². The molecular formula is C10H17NO2. The molecule has 0 aliphatic carbocycles. The van der Waals surface area contributed by atoms with Crippen molar-refractivity contribution in [2.75, 3.05) is 6.54 Å². The van der Waals surface area contributed by atoms with Crippen LogP contribution in [-0.4, -0.2) is 23.3 Å². The molecule has 3 nitrogen and oxygen atoms in total. The van der Waals surface area contributed by atoms with Gasteiger partial charge in [0.15, 0.2) is 0 Å². The van der Waals surface area contributed by atoms with Crippen molar-refractivity contribution >= 4 is 11.8 Å². The zero-order chi connectivity index (χ0) is 10.3. The van der Waals surface area contributed by atoms with E-state index in [-0.39, 0.29) is 11.8 Å². The van der Waals surface area contributed by atoms with Crippen LogP contribution in [0.15, 0.2) is 12.2 Å². The molecule has 0 aromatic carbocycles. The number of unbranched alkanes of at least 4 members (excludes halogenated alkanes) is 1. The molecule has 0 N–H and O–H groups in total. The van der Waals surface area contributed by atoms with Crippen molar-refractivity contribution in [1.29, 1.82) is 0 Å². The predicted molar refractivity (Wildman–Crippen MR) is 52.1 cm³/mol. The van der Waals surface area contributed by atoms with Gasteiger partial charge in [-0.05, 0) is 6.42 Å². The first-order valence-electron chi connectivity index (χ1n) is 4.79. The molecule has 0 saturated carbocycles. The Hall–Kier alpha value is -1.12. The van der Waals surface area contributed by atoms with Crippen molar-refractivity contribution in [1.82, 2.24) is 4.90 Å². The van der Waals surface area contributed by atoms with Gasteiger partial charge in [-0.15, -0.1) is 0 Å². The highest BCUT2D eigenvalue weighted by Crippen LogP contribution is 2.04. The SMILES string of the molecule is CC.CCCCN1C(=O)C=CC1=O. The third-order valence-corrected chi connectivity index (χ3v) is 1.64. The summed E-state index contributed by atoms with van der Waals surface area (Å²) in [4.78, 5) is 23.1. The lowest BCUT2D eigenvalue weighted by atomic mass is 10.3. The Morgan fingerprint density at radius 3 is 2.00 bits per heavy atom. The van der Waals surface area contributed by atoms with Crippen LogP contribution in [0.4, 0.5) is 0 Å². The Labute approximate surface area is 79.4 Å². The van der Waals surface area contributed by atoms with Gasteiger partial charge < -0.3 is 0 Å². The maximum absolute atomic E-state index is 10.9. The second-order valence-electron chi connectivity index (χ2n) is 2.52. The molecule has 0 saturated heterocycles. The molecule has 0 aromatic heterocycles. The molecule has 0 spiro atoms. The summed E-state index contributed by atoms with van der Waals surface area (Å²) < 4.78 is 0. The summed E-state index contributed by atoms with van der Waals surface area (Å²) in [5.41, 5.74) is 0. The van der Waals surface area contributed by atoms with Crippen LogP contribution in [-0.2, 0) is 9.59 Å². The number of carbonyl (C=O) groups is 2. The molecule has 0 unspecified atom stereocenters. The Kier molecular flexibility index (Phi) is 5.85. The standard InChI is InChI=1S/C8H11NO2.C2H6/c1-2-3-6-9-7(10)4-5-8(9)11;1-2/h4-5H,2-3,6H2,1H3;1-2H3. The van der Waals surface area contributed by atoms with E-state index in [1.165, 1.54) is 17.1 Å². The fourth-order valence-electron chi connectivity index (χ4n) is 0.968. The second-order valence-corrected chi connectivity index (χ2v) is 2.52. The van der Waals surface area contributed by atoms with Crippen LogP contribution < -0.4 is 0 Å². The Morgan fingerprint density at radius 1 is 1.15 bits per heavy atom. The quantitative estimate of drug-likeness (QED) is 0.625. The number of rotatable bonds is 3. The van der Waals surface area contributed by atoms with Crippen molar-refractivity contribution in [3.63, 3.8) is 0 Å². The van der Waals surface area contributed by atoms with Gasteiger partial charge in [-0.1, -0.05) is 27.2 Å². The molecule has 1 rings (SSSR count). The van der Waals surface area contributed by atoms with E-state index in [0.717, 1.165) is 12.8 Å². The summed E-state index contributed by atoms with van der Waals surface area (Å²) >= 11 is 0. The Bertz CT molecular complexity index is 191. The lowest BCUT2D eigenvalue weighted by Crippen LogP contribution is -2.30. The normalized spacial score (nSPS) is 14.5. The molecule has 74 valence electrons. The van der Waals surface area contributed by atoms with Crippen molar-refractivity contribution in [2.45, 2.75) is 33.6 Å². The lowest BCUT2D eigenvalue weighted by Gasteiger charge is -2.11. The van der Waals surface area contributed by atoms with Gasteiger partial charge in [-0.3, -0.25) is 14.5 Å². The van der Waals surface area contributed by atoms with E-state index in [2.05, 4.69) is 0 Å². The monoisotopic (exact) mass is 183 g/mol. The highest BCUT2D eigenvalue weighted by Gasteiger charge is 2.21. The van der Waals surface area contributed by atoms with Crippen molar-refractivity contribution in [3.8, 4) is 0 Å². The average molecular weight is 183 g/mol. The van der Waals surface area contributed by atoms with Gasteiger partial charge in [-0.2, -0.15) is 0 Å². The first kappa shape index (κ1) is 11.9. The third kappa shape index (κ3) is 3.40. The molecule has 1 aliphatic heterocycles. The average Bonchev–Trinajstić information content (AvgIpc) is 2.47. The maximum Gasteiger partial charge on any atom is 0.253 e. The summed E-state index contributed by atoms with van der Waals surface area (Å²) in [6.07, 6.45) is 4.52. The van der Waals surface area contributed by atoms with Crippen LogP contribution in [0.25, 0.3) is 0 Å². The minimum Gasteiger partial charge on any atom is -0.275 e. The van der Waals surface area contributed by atoms with E-state index >= 15 is 0 Å². The van der Waals surface area contributed by atoms with Crippen LogP contribution in [0.5, 0.6) is 0 Å². The molecular weight excluding hydrogens is 166 g/mol. The van der Waals surface area contributed by atoms with E-state index in [1.54, 1.807) is 0 Å². The van der Waals surface area contributed by atoms with Gasteiger partial charge in [0.25, 0.3) is 11.8 Å². The first-order valence-corrected chi connectivity index (χ1v) is 4.79. The van der Waals surface area contributed by atoms with Crippen molar-refractivity contribution in [3.05, 3.63) is 12.2 Å². The minimum absolute atomic E-state index is 0.177. The number of amides is 2. The summed E-state index contributed by atoms with van der Waals surface area (Å²) in [5, 5.41) is 0. The number of carbonyl (C=O) groups excluding carboxylic acids is 2. The van der Waals surface area contributed by atoms with Gasteiger partial charge in [-0.25, -0.2) is 0 Å². The van der Waals surface area contributed by atoms with E-state index in [0.29, 0.717) is 6.54 Å². The zero-order valence-electron chi connectivity index (χ0n) is 8.54. The largest absolute Gasteiger partial charge is 0.275 e. The molecule has 0 atom stereocenters.